The van der Waals surface area contributed by atoms with Gasteiger partial charge in [-0.05, 0) is 6.92 Å². The summed E-state index contributed by atoms with van der Waals surface area (Å²) in [6.07, 6.45) is -0.187. The average molecular weight is 344 g/mol. The molecule has 1 fully saturated rings. The van der Waals surface area contributed by atoms with E-state index in [-0.39, 0.29) is 0 Å². The number of thioether (sulfide) groups is 1. The molecule has 0 aliphatic carbocycles. The average Bonchev–Trinajstić information content (AvgIpc) is 2.73. The van der Waals surface area contributed by atoms with E-state index in [0.29, 0.717) is 0 Å². The molecule has 0 unspecified atom stereocenters. The molecule has 3 N–H and O–H groups in total. The van der Waals surface area contributed by atoms with Gasteiger partial charge in [0.25, 0.3) is 5.56 Å². The smallest absolute Gasteiger partial charge is 0.329 e. The number of hydrogen-bond acceptors (Lipinski definition) is 8. The Labute approximate surface area is 134 Å². The molecule has 1 saturated heterocycles. The van der Waals surface area contributed by atoms with E-state index in [9.17, 15) is 29.4 Å². The molecule has 126 valence electrons. The van der Waals surface area contributed by atoms with E-state index in [4.69, 9.17) is 4.74 Å². The molecule has 0 amide bonds. The molecule has 2 heterocycles. The van der Waals surface area contributed by atoms with Crippen molar-refractivity contribution in [2.45, 2.75) is 36.2 Å². The molecule has 0 aromatic carbocycles. The number of aliphatic hydroxyl groups excluding tert-OH is 1. The molecule has 0 spiro atoms. The molecule has 1 aromatic rings. The zero-order valence-electron chi connectivity index (χ0n) is 12.4. The van der Waals surface area contributed by atoms with Crippen LogP contribution in [0.3, 0.4) is 0 Å². The Morgan fingerprint density at radius 2 is 2.09 bits per heavy atom. The lowest BCUT2D eigenvalue weighted by molar-refractivity contribution is -0.169. The first kappa shape index (κ1) is 17.4. The first-order valence-electron chi connectivity index (χ1n) is 6.70. The van der Waals surface area contributed by atoms with Crippen LogP contribution in [0.2, 0.25) is 0 Å². The zero-order chi connectivity index (χ0) is 17.4. The van der Waals surface area contributed by atoms with Crippen LogP contribution in [-0.4, -0.2) is 55.1 Å². The van der Waals surface area contributed by atoms with Gasteiger partial charge in [0.15, 0.2) is 17.5 Å². The Morgan fingerprint density at radius 1 is 1.43 bits per heavy atom. The predicted octanol–water partition coefficient (Wildman–Crippen LogP) is -1.61. The second-order valence-corrected chi connectivity index (χ2v) is 6.46. The second-order valence-electron chi connectivity index (χ2n) is 5.14. The lowest BCUT2D eigenvalue weighted by atomic mass is 9.90. The summed E-state index contributed by atoms with van der Waals surface area (Å²) in [5.41, 5.74) is -3.67. The third kappa shape index (κ3) is 2.96. The van der Waals surface area contributed by atoms with Crippen LogP contribution in [0.15, 0.2) is 21.9 Å². The molecule has 0 bridgehead atoms. The Morgan fingerprint density at radius 3 is 2.57 bits per heavy atom. The van der Waals surface area contributed by atoms with Gasteiger partial charge in [-0.3, -0.25) is 23.9 Å². The number of ketones is 1. The van der Waals surface area contributed by atoms with Crippen molar-refractivity contribution in [3.63, 3.8) is 0 Å². The van der Waals surface area contributed by atoms with E-state index < -0.39 is 51.9 Å². The van der Waals surface area contributed by atoms with Gasteiger partial charge in [0.05, 0.1) is 11.9 Å². The van der Waals surface area contributed by atoms with E-state index in [0.717, 1.165) is 42.4 Å². The van der Waals surface area contributed by atoms with Crippen molar-refractivity contribution in [3.05, 3.63) is 33.1 Å². The summed E-state index contributed by atoms with van der Waals surface area (Å²) in [4.78, 5) is 48.5. The molecule has 1 aliphatic rings. The summed E-state index contributed by atoms with van der Waals surface area (Å²) >= 11 is 0.912. The Balaban J connectivity index is 2.58. The summed E-state index contributed by atoms with van der Waals surface area (Å²) in [5.74, 6) is -1.46. The minimum atomic E-state index is -2.22. The van der Waals surface area contributed by atoms with E-state index in [1.807, 2.05) is 4.98 Å². The SMILES string of the molecule is CC(=O)O[C@@H]1[C@@H](CO)S[C@@H](n2ccc(=O)[nH]c2=O)[C@@]1(O)C(C)=O. The quantitative estimate of drug-likeness (QED) is 0.555. The Bertz CT molecular complexity index is 742. The summed E-state index contributed by atoms with van der Waals surface area (Å²) in [7, 11) is 0. The number of aromatic amines is 1. The molecule has 2 rings (SSSR count). The number of ether oxygens (including phenoxy) is 1. The maximum absolute atomic E-state index is 12.1. The summed E-state index contributed by atoms with van der Waals surface area (Å²) in [5, 5.41) is 18.4. The number of hydrogen-bond donors (Lipinski definition) is 3. The molecule has 4 atom stereocenters. The van der Waals surface area contributed by atoms with Gasteiger partial charge in [-0.15, -0.1) is 11.8 Å². The highest BCUT2D eigenvalue weighted by Gasteiger charge is 2.61. The number of rotatable bonds is 4. The van der Waals surface area contributed by atoms with E-state index in [1.165, 1.54) is 0 Å². The lowest BCUT2D eigenvalue weighted by Crippen LogP contribution is -2.55. The number of carbonyl (C=O) groups excluding carboxylic acids is 2. The predicted molar refractivity (Wildman–Crippen MR) is 80.0 cm³/mol. The standard InChI is InChI=1S/C13H16N2O7S/c1-6(17)13(21)10(22-7(2)18)8(5-16)23-11(13)15-4-3-9(19)14-12(15)20/h3-4,8,10-11,16,21H,5H2,1-2H3,(H,14,19,20)/t8-,10-,11-,13-/m1/s1. The highest BCUT2D eigenvalue weighted by molar-refractivity contribution is 8.00. The van der Waals surface area contributed by atoms with Gasteiger partial charge in [-0.2, -0.15) is 0 Å². The second kappa shape index (κ2) is 6.30. The topological polar surface area (TPSA) is 139 Å². The van der Waals surface area contributed by atoms with Crippen LogP contribution < -0.4 is 11.2 Å². The van der Waals surface area contributed by atoms with Crippen molar-refractivity contribution in [2.24, 2.45) is 0 Å². The number of carbonyl (C=O) groups is 2. The molecule has 1 aromatic heterocycles. The van der Waals surface area contributed by atoms with Gasteiger partial charge in [-0.1, -0.05) is 0 Å². The molecule has 0 radical (unpaired) electrons. The molecule has 10 heteroatoms. The van der Waals surface area contributed by atoms with Crippen molar-refractivity contribution in [3.8, 4) is 0 Å². The van der Waals surface area contributed by atoms with Gasteiger partial charge in [0.1, 0.15) is 5.37 Å². The third-order valence-electron chi connectivity index (χ3n) is 3.59. The van der Waals surface area contributed by atoms with Gasteiger partial charge >= 0.3 is 11.7 Å². The number of Topliss-reactive ketones (excluding diaryl/α,β-unsaturated/α-hetero) is 1. The Hall–Kier alpha value is -1.91. The van der Waals surface area contributed by atoms with E-state index >= 15 is 0 Å². The molecule has 23 heavy (non-hydrogen) atoms. The zero-order valence-corrected chi connectivity index (χ0v) is 13.2. The number of esters is 1. The van der Waals surface area contributed by atoms with Crippen molar-refractivity contribution >= 4 is 23.5 Å². The van der Waals surface area contributed by atoms with Gasteiger partial charge in [0, 0.05) is 19.2 Å². The normalized spacial score (nSPS) is 30.2. The van der Waals surface area contributed by atoms with Gasteiger partial charge in [0.2, 0.25) is 0 Å². The molecule has 0 saturated carbocycles. The first-order chi connectivity index (χ1) is 10.7. The minimum Gasteiger partial charge on any atom is -0.458 e. The van der Waals surface area contributed by atoms with E-state index in [2.05, 4.69) is 0 Å². The third-order valence-corrected chi connectivity index (χ3v) is 5.18. The van der Waals surface area contributed by atoms with Gasteiger partial charge < -0.3 is 14.9 Å². The van der Waals surface area contributed by atoms with Crippen LogP contribution in [0.5, 0.6) is 0 Å². The largest absolute Gasteiger partial charge is 0.458 e. The fraction of sp³-hybridized carbons (Fsp3) is 0.538. The summed E-state index contributed by atoms with van der Waals surface area (Å²) in [6, 6.07) is 1.07. The van der Waals surface area contributed by atoms with Crippen LogP contribution in [0.4, 0.5) is 0 Å². The maximum atomic E-state index is 12.1. The number of aliphatic hydroxyl groups is 2. The molecule has 1 aliphatic heterocycles. The number of nitrogens with zero attached hydrogens (tertiary/aromatic N) is 1. The summed E-state index contributed by atoms with van der Waals surface area (Å²) < 4.78 is 6.00. The van der Waals surface area contributed by atoms with Crippen LogP contribution in [-0.2, 0) is 14.3 Å². The number of aromatic nitrogens is 2. The summed E-state index contributed by atoms with van der Waals surface area (Å²) in [6.45, 7) is 1.73. The van der Waals surface area contributed by atoms with Gasteiger partial charge in [-0.25, -0.2) is 4.79 Å². The minimum absolute atomic E-state index is 0.479. The van der Waals surface area contributed by atoms with E-state index in [1.54, 1.807) is 0 Å². The molecular formula is C13H16N2O7S. The fourth-order valence-corrected chi connectivity index (χ4v) is 4.14. The highest BCUT2D eigenvalue weighted by Crippen LogP contribution is 2.49. The lowest BCUT2D eigenvalue weighted by Gasteiger charge is -2.32. The fourth-order valence-electron chi connectivity index (χ4n) is 2.51. The van der Waals surface area contributed by atoms with Crippen molar-refractivity contribution < 1.29 is 24.5 Å². The number of H-pyrrole nitrogens is 1. The van der Waals surface area contributed by atoms with Crippen molar-refractivity contribution in [2.75, 3.05) is 6.61 Å². The molecule has 9 nitrogen and oxygen atoms in total. The molecular weight excluding hydrogens is 328 g/mol. The number of nitrogens with one attached hydrogen (secondary N) is 1. The van der Waals surface area contributed by atoms with Crippen LogP contribution in [0.25, 0.3) is 0 Å². The highest BCUT2D eigenvalue weighted by atomic mass is 32.2. The Kier molecular flexibility index (Phi) is 4.78. The monoisotopic (exact) mass is 344 g/mol. The van der Waals surface area contributed by atoms with Crippen molar-refractivity contribution in [1.82, 2.24) is 9.55 Å². The van der Waals surface area contributed by atoms with Crippen LogP contribution in [0.1, 0.15) is 19.2 Å². The van der Waals surface area contributed by atoms with Crippen molar-refractivity contribution in [1.29, 1.82) is 0 Å². The van der Waals surface area contributed by atoms with Crippen LogP contribution >= 0.6 is 11.8 Å². The maximum Gasteiger partial charge on any atom is 0.329 e. The first-order valence-corrected chi connectivity index (χ1v) is 7.64. The van der Waals surface area contributed by atoms with Crippen LogP contribution in [0, 0.1) is 0 Å².